The van der Waals surface area contributed by atoms with E-state index in [-0.39, 0.29) is 11.0 Å². The lowest BCUT2D eigenvalue weighted by Crippen LogP contribution is -2.54. The van der Waals surface area contributed by atoms with Crippen molar-refractivity contribution in [2.24, 2.45) is 5.41 Å². The second-order valence-corrected chi connectivity index (χ2v) is 8.09. The quantitative estimate of drug-likeness (QED) is 0.786. The Bertz CT molecular complexity index is 273. The predicted octanol–water partition coefficient (Wildman–Crippen LogP) is 2.17. The minimum atomic E-state index is -0.654. The lowest BCUT2D eigenvalue weighted by molar-refractivity contribution is -0.122. The van der Waals surface area contributed by atoms with Crippen molar-refractivity contribution in [2.75, 3.05) is 39.3 Å². The number of hydrogen-bond acceptors (Lipinski definition) is 4. The first-order valence-corrected chi connectivity index (χ1v) is 7.85. The molecule has 20 heavy (non-hydrogen) atoms. The summed E-state index contributed by atoms with van der Waals surface area (Å²) in [6, 6.07) is 0. The standard InChI is InChI=1S/C16H34N2O2/c1-15(2,3)7-12-20-14(19)13-17-8-10-18(11-9-17)16(4,5)6/h14,19H,7-13H2,1-6H3/t14-/m0/s1. The maximum Gasteiger partial charge on any atom is 0.167 e. The van der Waals surface area contributed by atoms with Gasteiger partial charge in [0.25, 0.3) is 0 Å². The third-order valence-corrected chi connectivity index (χ3v) is 3.90. The van der Waals surface area contributed by atoms with Crippen LogP contribution in [0.2, 0.25) is 0 Å². The molecule has 0 unspecified atom stereocenters. The molecule has 4 nitrogen and oxygen atoms in total. The normalized spacial score (nSPS) is 21.1. The van der Waals surface area contributed by atoms with Crippen molar-refractivity contribution in [3.8, 4) is 0 Å². The number of nitrogens with zero attached hydrogens (tertiary/aromatic N) is 2. The third kappa shape index (κ3) is 7.02. The number of aliphatic hydroxyl groups is 1. The molecule has 0 amide bonds. The van der Waals surface area contributed by atoms with Crippen LogP contribution in [0.5, 0.6) is 0 Å². The number of rotatable bonds is 5. The van der Waals surface area contributed by atoms with Crippen LogP contribution in [0.15, 0.2) is 0 Å². The van der Waals surface area contributed by atoms with Gasteiger partial charge < -0.3 is 9.84 Å². The van der Waals surface area contributed by atoms with Crippen LogP contribution in [-0.4, -0.2) is 66.1 Å². The summed E-state index contributed by atoms with van der Waals surface area (Å²) in [7, 11) is 0. The highest BCUT2D eigenvalue weighted by molar-refractivity contribution is 4.82. The van der Waals surface area contributed by atoms with Crippen molar-refractivity contribution >= 4 is 0 Å². The summed E-state index contributed by atoms with van der Waals surface area (Å²) in [5.74, 6) is 0. The largest absolute Gasteiger partial charge is 0.367 e. The van der Waals surface area contributed by atoms with Gasteiger partial charge in [-0.15, -0.1) is 0 Å². The van der Waals surface area contributed by atoms with Crippen molar-refractivity contribution < 1.29 is 9.84 Å². The average Bonchev–Trinajstić information content (AvgIpc) is 2.26. The van der Waals surface area contributed by atoms with E-state index in [0.717, 1.165) is 32.6 Å². The van der Waals surface area contributed by atoms with Crippen molar-refractivity contribution in [1.82, 2.24) is 9.80 Å². The number of ether oxygens (including phenoxy) is 1. The minimum Gasteiger partial charge on any atom is -0.367 e. The third-order valence-electron chi connectivity index (χ3n) is 3.90. The van der Waals surface area contributed by atoms with Crippen LogP contribution in [-0.2, 0) is 4.74 Å². The van der Waals surface area contributed by atoms with Crippen molar-refractivity contribution in [2.45, 2.75) is 59.8 Å². The lowest BCUT2D eigenvalue weighted by atomic mass is 9.93. The molecule has 4 heteroatoms. The summed E-state index contributed by atoms with van der Waals surface area (Å²) in [6.45, 7) is 18.8. The van der Waals surface area contributed by atoms with Crippen molar-refractivity contribution in [3.05, 3.63) is 0 Å². The van der Waals surface area contributed by atoms with E-state index in [9.17, 15) is 5.11 Å². The molecule has 0 radical (unpaired) electrons. The molecule has 0 spiro atoms. The maximum atomic E-state index is 9.95. The Balaban J connectivity index is 2.20. The van der Waals surface area contributed by atoms with E-state index in [1.165, 1.54) is 0 Å². The molecular weight excluding hydrogens is 252 g/mol. The second kappa shape index (κ2) is 7.21. The SMILES string of the molecule is CC(C)(C)CCO[C@H](O)CN1CCN(C(C)(C)C)CC1. The Labute approximate surface area is 125 Å². The van der Waals surface area contributed by atoms with Crippen LogP contribution in [0.25, 0.3) is 0 Å². The van der Waals surface area contributed by atoms with Gasteiger partial charge in [-0.05, 0) is 32.6 Å². The van der Waals surface area contributed by atoms with Gasteiger partial charge in [0.2, 0.25) is 0 Å². The van der Waals surface area contributed by atoms with E-state index >= 15 is 0 Å². The van der Waals surface area contributed by atoms with E-state index in [4.69, 9.17) is 4.74 Å². The Kier molecular flexibility index (Phi) is 6.45. The molecule has 0 aromatic heterocycles. The zero-order chi connectivity index (χ0) is 15.4. The fraction of sp³-hybridized carbons (Fsp3) is 1.00. The Hall–Kier alpha value is -0.160. The van der Waals surface area contributed by atoms with Crippen LogP contribution in [0.1, 0.15) is 48.0 Å². The zero-order valence-corrected chi connectivity index (χ0v) is 14.3. The summed E-state index contributed by atoms with van der Waals surface area (Å²) >= 11 is 0. The Morgan fingerprint density at radius 2 is 1.55 bits per heavy atom. The van der Waals surface area contributed by atoms with Crippen LogP contribution < -0.4 is 0 Å². The first-order chi connectivity index (χ1) is 9.08. The average molecular weight is 286 g/mol. The molecule has 0 saturated carbocycles. The number of hydrogen-bond donors (Lipinski definition) is 1. The first-order valence-electron chi connectivity index (χ1n) is 7.85. The molecule has 0 aromatic rings. The van der Waals surface area contributed by atoms with Gasteiger partial charge in [-0.1, -0.05) is 20.8 Å². The highest BCUT2D eigenvalue weighted by Gasteiger charge is 2.26. The first kappa shape index (κ1) is 17.9. The highest BCUT2D eigenvalue weighted by Crippen LogP contribution is 2.19. The zero-order valence-electron chi connectivity index (χ0n) is 14.3. The van der Waals surface area contributed by atoms with Crippen molar-refractivity contribution in [3.63, 3.8) is 0 Å². The van der Waals surface area contributed by atoms with Gasteiger partial charge in [0.05, 0.1) is 6.61 Å². The summed E-state index contributed by atoms with van der Waals surface area (Å²) in [5, 5.41) is 9.95. The molecule has 1 saturated heterocycles. The van der Waals surface area contributed by atoms with E-state index < -0.39 is 6.29 Å². The smallest absolute Gasteiger partial charge is 0.167 e. The van der Waals surface area contributed by atoms with E-state index in [1.807, 2.05) is 0 Å². The molecule has 1 heterocycles. The van der Waals surface area contributed by atoms with Gasteiger partial charge >= 0.3 is 0 Å². The molecule has 1 aliphatic rings. The fourth-order valence-electron chi connectivity index (χ4n) is 2.38. The molecule has 0 bridgehead atoms. The van der Waals surface area contributed by atoms with E-state index in [1.54, 1.807) is 0 Å². The summed E-state index contributed by atoms with van der Waals surface area (Å²) in [5.41, 5.74) is 0.506. The molecule has 0 aliphatic carbocycles. The lowest BCUT2D eigenvalue weighted by Gasteiger charge is -2.42. The Morgan fingerprint density at radius 1 is 1.00 bits per heavy atom. The van der Waals surface area contributed by atoms with Crippen LogP contribution in [0.4, 0.5) is 0 Å². The molecule has 0 aromatic carbocycles. The number of piperazine rings is 1. The number of β-amino-alcohol motifs (C(OH)–C–C–N with tert-alkyl or cyclic N) is 1. The minimum absolute atomic E-state index is 0.244. The molecule has 1 N–H and O–H groups in total. The molecule has 1 atom stereocenters. The highest BCUT2D eigenvalue weighted by atomic mass is 16.6. The number of aliphatic hydroxyl groups excluding tert-OH is 1. The van der Waals surface area contributed by atoms with Gasteiger partial charge in [-0.2, -0.15) is 0 Å². The van der Waals surface area contributed by atoms with Gasteiger partial charge in [0, 0.05) is 38.3 Å². The Morgan fingerprint density at radius 3 is 2.00 bits per heavy atom. The summed E-state index contributed by atoms with van der Waals surface area (Å²) in [6.07, 6.45) is 0.320. The van der Waals surface area contributed by atoms with Gasteiger partial charge in [-0.3, -0.25) is 9.80 Å². The monoisotopic (exact) mass is 286 g/mol. The van der Waals surface area contributed by atoms with Gasteiger partial charge in [-0.25, -0.2) is 0 Å². The van der Waals surface area contributed by atoms with Crippen LogP contribution in [0.3, 0.4) is 0 Å². The van der Waals surface area contributed by atoms with Crippen molar-refractivity contribution in [1.29, 1.82) is 0 Å². The van der Waals surface area contributed by atoms with Gasteiger partial charge in [0.1, 0.15) is 0 Å². The van der Waals surface area contributed by atoms with Crippen LogP contribution >= 0.6 is 0 Å². The molecule has 1 fully saturated rings. The molecular formula is C16H34N2O2. The fourth-order valence-corrected chi connectivity index (χ4v) is 2.38. The molecule has 1 rings (SSSR count). The molecule has 1 aliphatic heterocycles. The summed E-state index contributed by atoms with van der Waals surface area (Å²) in [4.78, 5) is 4.79. The predicted molar refractivity (Wildman–Crippen MR) is 83.8 cm³/mol. The van der Waals surface area contributed by atoms with E-state index in [2.05, 4.69) is 51.3 Å². The van der Waals surface area contributed by atoms with E-state index in [0.29, 0.717) is 13.2 Å². The van der Waals surface area contributed by atoms with Gasteiger partial charge in [0.15, 0.2) is 6.29 Å². The van der Waals surface area contributed by atoms with Crippen LogP contribution in [0, 0.1) is 5.41 Å². The topological polar surface area (TPSA) is 35.9 Å². The summed E-state index contributed by atoms with van der Waals surface area (Å²) < 4.78 is 5.52. The maximum absolute atomic E-state index is 9.95. The second-order valence-electron chi connectivity index (χ2n) is 8.09. The molecule has 120 valence electrons.